The smallest absolute Gasteiger partial charge is 0.172 e. The molecule has 0 atom stereocenters. The molecule has 64 heavy (non-hydrogen) atoms. The van der Waals surface area contributed by atoms with E-state index in [1.54, 1.807) is 0 Å². The van der Waals surface area contributed by atoms with E-state index in [1.807, 2.05) is 97.2 Å². The Morgan fingerprint density at radius 2 is 1.27 bits per heavy atom. The van der Waals surface area contributed by atoms with Gasteiger partial charge in [-0.1, -0.05) is 155 Å². The number of furan rings is 1. The third-order valence-corrected chi connectivity index (χ3v) is 13.8. The van der Waals surface area contributed by atoms with Crippen molar-refractivity contribution >= 4 is 46.2 Å². The fraction of sp³-hybridized carbons (Fsp3) is 0.158. The van der Waals surface area contributed by atoms with Crippen molar-refractivity contribution in [3.63, 3.8) is 0 Å². The standard InChI is InChI=1S/C43H34FN2O.C14H16NSi.Ir/c1-26(2)35-24-30(28-14-7-5-8-15-28)25-36(27(3)4)40(35)46-38-21-12-11-20-37(38)45-43(46)34-19-13-18-32-33-23-22-31(29-16-9-6-10-17-29)39(44)42(33)47-41(32)34;1-16(2,3)13-9-10-14(15-11-13)12-7-5-4-6-8-12;/h5-18,20-27H,1-4H3;4-7,9-11H,1-3H3;/q2*-1;. The summed E-state index contributed by atoms with van der Waals surface area (Å²) in [4.78, 5) is 9.75. The van der Waals surface area contributed by atoms with Crippen LogP contribution in [0.3, 0.4) is 0 Å². The van der Waals surface area contributed by atoms with Crippen LogP contribution in [0.1, 0.15) is 50.7 Å². The van der Waals surface area contributed by atoms with E-state index >= 15 is 4.39 Å². The third kappa shape index (κ3) is 8.56. The summed E-state index contributed by atoms with van der Waals surface area (Å²) in [6.07, 6.45) is 2.02. The zero-order chi connectivity index (χ0) is 43.8. The molecule has 0 spiro atoms. The van der Waals surface area contributed by atoms with E-state index in [2.05, 4.69) is 136 Å². The van der Waals surface area contributed by atoms with E-state index in [1.165, 1.54) is 27.4 Å². The van der Waals surface area contributed by atoms with Crippen molar-refractivity contribution < 1.29 is 28.9 Å². The van der Waals surface area contributed by atoms with Gasteiger partial charge in [-0.3, -0.25) is 4.98 Å². The van der Waals surface area contributed by atoms with E-state index in [9.17, 15) is 0 Å². The average molecular weight is 1030 g/mol. The molecule has 321 valence electrons. The van der Waals surface area contributed by atoms with E-state index in [0.29, 0.717) is 16.7 Å². The molecule has 0 amide bonds. The summed E-state index contributed by atoms with van der Waals surface area (Å²) < 4.78 is 24.9. The summed E-state index contributed by atoms with van der Waals surface area (Å²) in [7, 11) is -1.23. The quantitative estimate of drug-likeness (QED) is 0.113. The molecule has 7 aromatic carbocycles. The molecule has 3 aromatic heterocycles. The van der Waals surface area contributed by atoms with Gasteiger partial charge in [0.2, 0.25) is 0 Å². The van der Waals surface area contributed by atoms with Crippen molar-refractivity contribution in [1.82, 2.24) is 14.5 Å². The molecule has 4 nitrogen and oxygen atoms in total. The van der Waals surface area contributed by atoms with Gasteiger partial charge in [-0.15, -0.1) is 54.1 Å². The van der Waals surface area contributed by atoms with Gasteiger partial charge in [0.1, 0.15) is 0 Å². The second kappa shape index (κ2) is 18.5. The van der Waals surface area contributed by atoms with Gasteiger partial charge in [-0.2, -0.15) is 0 Å². The molecule has 0 N–H and O–H groups in total. The van der Waals surface area contributed by atoms with Crippen LogP contribution in [0.2, 0.25) is 19.6 Å². The molecule has 7 heteroatoms. The van der Waals surface area contributed by atoms with Crippen molar-refractivity contribution in [3.05, 3.63) is 193 Å². The summed E-state index contributed by atoms with van der Waals surface area (Å²) in [6, 6.07) is 59.6. The number of pyridine rings is 1. The Labute approximate surface area is 390 Å². The van der Waals surface area contributed by atoms with Gasteiger partial charge >= 0.3 is 0 Å². The monoisotopic (exact) mass is 1030 g/mol. The molecule has 0 aliphatic heterocycles. The molecule has 10 rings (SSSR count). The number of hydrogen-bond acceptors (Lipinski definition) is 3. The normalized spacial score (nSPS) is 11.6. The van der Waals surface area contributed by atoms with Crippen molar-refractivity contribution in [2.75, 3.05) is 0 Å². The summed E-state index contributed by atoms with van der Waals surface area (Å²) in [5, 5.41) is 2.96. The van der Waals surface area contributed by atoms with Crippen molar-refractivity contribution in [2.24, 2.45) is 0 Å². The topological polar surface area (TPSA) is 43.9 Å². The number of aromatic nitrogens is 3. The number of nitrogens with zero attached hydrogens (tertiary/aromatic N) is 3. The van der Waals surface area contributed by atoms with Crippen LogP contribution in [0.4, 0.5) is 4.39 Å². The van der Waals surface area contributed by atoms with Crippen LogP contribution in [-0.4, -0.2) is 22.6 Å². The zero-order valence-corrected chi connectivity index (χ0v) is 40.6. The van der Waals surface area contributed by atoms with Gasteiger partial charge in [0.25, 0.3) is 0 Å². The van der Waals surface area contributed by atoms with Crippen molar-refractivity contribution in [2.45, 2.75) is 59.2 Å². The fourth-order valence-electron chi connectivity index (χ4n) is 8.36. The molecule has 10 aromatic rings. The zero-order valence-electron chi connectivity index (χ0n) is 37.2. The van der Waals surface area contributed by atoms with Gasteiger partial charge in [-0.25, -0.2) is 4.39 Å². The Morgan fingerprint density at radius 1 is 0.625 bits per heavy atom. The van der Waals surface area contributed by atoms with Gasteiger partial charge in [0.15, 0.2) is 11.4 Å². The minimum atomic E-state index is -1.23. The number of benzene rings is 7. The number of hydrogen-bond donors (Lipinski definition) is 0. The Morgan fingerprint density at radius 3 is 1.89 bits per heavy atom. The van der Waals surface area contributed by atoms with E-state index < -0.39 is 8.07 Å². The first-order valence-electron chi connectivity index (χ1n) is 21.7. The number of halogens is 1. The molecule has 0 unspecified atom stereocenters. The van der Waals surface area contributed by atoms with Crippen LogP contribution in [0, 0.1) is 17.9 Å². The van der Waals surface area contributed by atoms with Gasteiger partial charge < -0.3 is 14.0 Å². The fourth-order valence-corrected chi connectivity index (χ4v) is 9.40. The van der Waals surface area contributed by atoms with E-state index in [0.717, 1.165) is 50.1 Å². The molecular weight excluding hydrogens is 982 g/mol. The molecule has 3 heterocycles. The summed E-state index contributed by atoms with van der Waals surface area (Å²) in [6.45, 7) is 16.0. The van der Waals surface area contributed by atoms with Gasteiger partial charge in [-0.05, 0) is 74.8 Å². The predicted molar refractivity (Wildman–Crippen MR) is 263 cm³/mol. The van der Waals surface area contributed by atoms with E-state index in [4.69, 9.17) is 9.40 Å². The second-order valence-corrected chi connectivity index (χ2v) is 22.8. The van der Waals surface area contributed by atoms with Gasteiger partial charge in [0.05, 0.1) is 30.5 Å². The first kappa shape index (κ1) is 44.4. The number of fused-ring (bicyclic) bond motifs is 4. The maximum atomic E-state index is 16.2. The van der Waals surface area contributed by atoms with Crippen LogP contribution in [-0.2, 0) is 20.1 Å². The predicted octanol–water partition coefficient (Wildman–Crippen LogP) is 15.2. The summed E-state index contributed by atoms with van der Waals surface area (Å²) in [5.41, 5.74) is 12.7. The first-order valence-corrected chi connectivity index (χ1v) is 25.2. The van der Waals surface area contributed by atoms with Crippen LogP contribution in [0.25, 0.3) is 83.6 Å². The third-order valence-electron chi connectivity index (χ3n) is 11.8. The minimum absolute atomic E-state index is 0. The maximum Gasteiger partial charge on any atom is 0.172 e. The summed E-state index contributed by atoms with van der Waals surface area (Å²) >= 11 is 0. The summed E-state index contributed by atoms with van der Waals surface area (Å²) in [5.74, 6) is 0.814. The Bertz CT molecular complexity index is 3180. The maximum absolute atomic E-state index is 16.2. The Hall–Kier alpha value is -6.24. The molecule has 0 saturated heterocycles. The molecule has 0 fully saturated rings. The molecule has 0 bridgehead atoms. The number of para-hydroxylation sites is 2. The number of imidazole rings is 1. The Balaban J connectivity index is 0.000000279. The van der Waals surface area contributed by atoms with Crippen LogP contribution in [0.15, 0.2) is 168 Å². The van der Waals surface area contributed by atoms with Crippen LogP contribution < -0.4 is 5.19 Å². The SMILES string of the molecule is CC(C)c1cc(-c2ccccc2)cc(C(C)C)c1-n1c(-c2[c-]ccc3c2oc2c(F)c(-c4ccccc4)ccc23)nc2ccccc21.C[Si](C)(C)c1ccc(-c2[c-]cccc2)nc1.[Ir]. The van der Waals surface area contributed by atoms with Crippen molar-refractivity contribution in [3.8, 4) is 50.6 Å². The Kier molecular flexibility index (Phi) is 12.8. The van der Waals surface area contributed by atoms with E-state index in [-0.39, 0.29) is 43.3 Å². The van der Waals surface area contributed by atoms with Crippen LogP contribution in [0.5, 0.6) is 0 Å². The van der Waals surface area contributed by atoms with Crippen LogP contribution >= 0.6 is 0 Å². The molecule has 0 aliphatic carbocycles. The molecule has 1 radical (unpaired) electrons. The first-order chi connectivity index (χ1) is 30.5. The molecule has 0 aliphatic rings. The van der Waals surface area contributed by atoms with Gasteiger partial charge in [0, 0.05) is 42.9 Å². The number of rotatable bonds is 8. The molecule has 0 saturated carbocycles. The largest absolute Gasteiger partial charge is 0.497 e. The minimum Gasteiger partial charge on any atom is -0.497 e. The van der Waals surface area contributed by atoms with Crippen molar-refractivity contribution in [1.29, 1.82) is 0 Å². The second-order valence-electron chi connectivity index (χ2n) is 17.8. The average Bonchev–Trinajstić information content (AvgIpc) is 3.89. The molecular formula is C57H50FIrN3OSi-2.